The molecule has 0 spiro atoms. The van der Waals surface area contributed by atoms with Crippen molar-refractivity contribution in [3.8, 4) is 11.5 Å². The molecule has 34 heavy (non-hydrogen) atoms. The number of hydrogen-bond acceptors (Lipinski definition) is 6. The Morgan fingerprint density at radius 1 is 1.03 bits per heavy atom. The standard InChI is InChI=1S/C28H30O6/c1-18-10-9-15-21(29)14-8-4-7-13-20-16-23-26(27(32-2)25(20)28(31)33-18)22(17-24(30)34-23)19-11-5-3-6-12-19/h3,5-7,11-13,16,18,22H,4,8-10,14-15,17H2,1-2H3/t18-,22-/m0/s1. The number of benzene rings is 2. The van der Waals surface area contributed by atoms with Crippen LogP contribution in [0.1, 0.15) is 84.8 Å². The average molecular weight is 463 g/mol. The molecule has 0 aliphatic carbocycles. The van der Waals surface area contributed by atoms with E-state index < -0.39 is 5.97 Å². The van der Waals surface area contributed by atoms with Crippen LogP contribution in [-0.2, 0) is 14.3 Å². The van der Waals surface area contributed by atoms with Gasteiger partial charge in [-0.2, -0.15) is 0 Å². The van der Waals surface area contributed by atoms with E-state index in [0.29, 0.717) is 60.3 Å². The second-order valence-corrected chi connectivity index (χ2v) is 8.87. The largest absolute Gasteiger partial charge is 0.495 e. The fourth-order valence-corrected chi connectivity index (χ4v) is 4.68. The van der Waals surface area contributed by atoms with Crippen LogP contribution in [0.5, 0.6) is 11.5 Å². The van der Waals surface area contributed by atoms with Crippen molar-refractivity contribution in [2.75, 3.05) is 7.11 Å². The molecule has 6 nitrogen and oxygen atoms in total. The maximum absolute atomic E-state index is 13.4. The van der Waals surface area contributed by atoms with Crippen LogP contribution in [0.4, 0.5) is 0 Å². The molecule has 6 heteroatoms. The normalized spacial score (nSPS) is 21.5. The summed E-state index contributed by atoms with van der Waals surface area (Å²) in [6.45, 7) is 1.84. The van der Waals surface area contributed by atoms with Crippen molar-refractivity contribution in [2.45, 2.75) is 63.9 Å². The fraction of sp³-hybridized carbons (Fsp3) is 0.393. The highest BCUT2D eigenvalue weighted by atomic mass is 16.5. The van der Waals surface area contributed by atoms with Crippen molar-refractivity contribution < 1.29 is 28.6 Å². The maximum Gasteiger partial charge on any atom is 0.342 e. The number of ether oxygens (including phenoxy) is 3. The number of carbonyl (C=O) groups is 3. The van der Waals surface area contributed by atoms with Gasteiger partial charge in [-0.3, -0.25) is 9.59 Å². The molecule has 4 rings (SSSR count). The molecule has 0 aromatic heterocycles. The molecule has 0 unspecified atom stereocenters. The van der Waals surface area contributed by atoms with Crippen LogP contribution in [0, 0.1) is 0 Å². The first-order valence-electron chi connectivity index (χ1n) is 11.9. The number of Topliss-reactive ketones (excluding diaryl/α,β-unsaturated/α-hetero) is 1. The van der Waals surface area contributed by atoms with Crippen molar-refractivity contribution in [2.24, 2.45) is 0 Å². The van der Waals surface area contributed by atoms with E-state index in [9.17, 15) is 14.4 Å². The molecule has 2 aromatic rings. The zero-order valence-electron chi connectivity index (χ0n) is 19.7. The van der Waals surface area contributed by atoms with E-state index >= 15 is 0 Å². The Morgan fingerprint density at radius 3 is 2.56 bits per heavy atom. The van der Waals surface area contributed by atoms with Crippen LogP contribution < -0.4 is 9.47 Å². The van der Waals surface area contributed by atoms with Crippen molar-refractivity contribution in [1.82, 2.24) is 0 Å². The number of methoxy groups -OCH3 is 1. The van der Waals surface area contributed by atoms with Crippen molar-refractivity contribution >= 4 is 23.8 Å². The summed E-state index contributed by atoms with van der Waals surface area (Å²) < 4.78 is 17.2. The van der Waals surface area contributed by atoms with E-state index in [4.69, 9.17) is 14.2 Å². The number of ketones is 1. The Kier molecular flexibility index (Phi) is 7.46. The molecule has 2 aliphatic heterocycles. The third-order valence-corrected chi connectivity index (χ3v) is 6.36. The summed E-state index contributed by atoms with van der Waals surface area (Å²) in [5, 5.41) is 0. The number of allylic oxidation sites excluding steroid dienone is 1. The van der Waals surface area contributed by atoms with Crippen molar-refractivity contribution in [1.29, 1.82) is 0 Å². The lowest BCUT2D eigenvalue weighted by Gasteiger charge is -2.29. The first-order valence-corrected chi connectivity index (χ1v) is 11.9. The van der Waals surface area contributed by atoms with E-state index in [0.717, 1.165) is 12.0 Å². The number of hydrogen-bond donors (Lipinski definition) is 0. The maximum atomic E-state index is 13.4. The SMILES string of the molecule is COc1c2c(cc3c1[C@H](c1ccccc1)CC(=O)O3)C=CCCCC(=O)CCC[C@H](C)OC2=O. The highest BCUT2D eigenvalue weighted by molar-refractivity contribution is 5.99. The minimum absolute atomic E-state index is 0.154. The lowest BCUT2D eigenvalue weighted by molar-refractivity contribution is -0.135. The second-order valence-electron chi connectivity index (χ2n) is 8.87. The summed E-state index contributed by atoms with van der Waals surface area (Å²) in [6.07, 6.45) is 7.34. The third kappa shape index (κ3) is 5.22. The molecule has 2 atom stereocenters. The molecule has 2 heterocycles. The third-order valence-electron chi connectivity index (χ3n) is 6.36. The Morgan fingerprint density at radius 2 is 1.79 bits per heavy atom. The van der Waals surface area contributed by atoms with E-state index in [2.05, 4.69) is 0 Å². The van der Waals surface area contributed by atoms with Gasteiger partial charge in [0.1, 0.15) is 22.8 Å². The fourth-order valence-electron chi connectivity index (χ4n) is 4.68. The molecule has 2 aromatic carbocycles. The van der Waals surface area contributed by atoms with Crippen molar-refractivity contribution in [3.05, 3.63) is 64.7 Å². The van der Waals surface area contributed by atoms with Gasteiger partial charge in [0.2, 0.25) is 0 Å². The van der Waals surface area contributed by atoms with Crippen LogP contribution in [0.3, 0.4) is 0 Å². The average Bonchev–Trinajstić information content (AvgIpc) is 2.82. The number of cyclic esters (lactones) is 1. The van der Waals surface area contributed by atoms with E-state index in [1.807, 2.05) is 49.4 Å². The predicted molar refractivity (Wildman–Crippen MR) is 128 cm³/mol. The van der Waals surface area contributed by atoms with Crippen LogP contribution in [0.15, 0.2) is 42.5 Å². The van der Waals surface area contributed by atoms with Crippen molar-refractivity contribution in [3.63, 3.8) is 0 Å². The molecule has 178 valence electrons. The van der Waals surface area contributed by atoms with E-state index in [1.54, 1.807) is 6.07 Å². The zero-order valence-corrected chi connectivity index (χ0v) is 19.7. The highest BCUT2D eigenvalue weighted by Gasteiger charge is 2.36. The summed E-state index contributed by atoms with van der Waals surface area (Å²) in [5.74, 6) is -0.118. The number of carbonyl (C=O) groups excluding carboxylic acids is 3. The molecule has 0 saturated heterocycles. The predicted octanol–water partition coefficient (Wildman–Crippen LogP) is 5.62. The van der Waals surface area contributed by atoms with Gasteiger partial charge in [0.15, 0.2) is 0 Å². The summed E-state index contributed by atoms with van der Waals surface area (Å²) >= 11 is 0. The summed E-state index contributed by atoms with van der Waals surface area (Å²) in [7, 11) is 1.52. The Bertz CT molecular complexity index is 1100. The van der Waals surface area contributed by atoms with Gasteiger partial charge in [0.05, 0.1) is 19.6 Å². The smallest absolute Gasteiger partial charge is 0.342 e. The van der Waals surface area contributed by atoms with Gasteiger partial charge in [-0.05, 0) is 49.8 Å². The molecule has 2 aliphatic rings. The molecule has 0 N–H and O–H groups in total. The quantitative estimate of drug-likeness (QED) is 0.426. The topological polar surface area (TPSA) is 78.9 Å². The first kappa shape index (κ1) is 23.7. The summed E-state index contributed by atoms with van der Waals surface area (Å²) in [5.41, 5.74) is 2.52. The molecule has 0 bridgehead atoms. The Labute approximate surface area is 199 Å². The van der Waals surface area contributed by atoms with Gasteiger partial charge >= 0.3 is 11.9 Å². The van der Waals surface area contributed by atoms with Crippen LogP contribution in [0.25, 0.3) is 6.08 Å². The lowest BCUT2D eigenvalue weighted by atomic mass is 9.83. The van der Waals surface area contributed by atoms with Gasteiger partial charge in [0.25, 0.3) is 0 Å². The van der Waals surface area contributed by atoms with Gasteiger partial charge < -0.3 is 14.2 Å². The lowest BCUT2D eigenvalue weighted by Crippen LogP contribution is -2.24. The number of esters is 2. The summed E-state index contributed by atoms with van der Waals surface area (Å²) in [6, 6.07) is 11.4. The first-order chi connectivity index (χ1) is 16.5. The van der Waals surface area contributed by atoms with Gasteiger partial charge in [-0.25, -0.2) is 4.79 Å². The van der Waals surface area contributed by atoms with Gasteiger partial charge in [-0.15, -0.1) is 0 Å². The monoisotopic (exact) mass is 462 g/mol. The summed E-state index contributed by atoms with van der Waals surface area (Å²) in [4.78, 5) is 37.9. The number of rotatable bonds is 2. The van der Waals surface area contributed by atoms with Gasteiger partial charge in [0, 0.05) is 24.3 Å². The molecule has 0 fully saturated rings. The van der Waals surface area contributed by atoms with Crippen LogP contribution >= 0.6 is 0 Å². The van der Waals surface area contributed by atoms with Crippen LogP contribution in [0.2, 0.25) is 0 Å². The molecule has 0 radical (unpaired) electrons. The molecule has 0 amide bonds. The van der Waals surface area contributed by atoms with E-state index in [1.165, 1.54) is 7.11 Å². The zero-order chi connectivity index (χ0) is 24.1. The molecular weight excluding hydrogens is 432 g/mol. The highest BCUT2D eigenvalue weighted by Crippen LogP contribution is 2.47. The molecule has 0 saturated carbocycles. The van der Waals surface area contributed by atoms with E-state index in [-0.39, 0.29) is 30.2 Å². The Balaban J connectivity index is 1.85. The Hall–Kier alpha value is -3.41. The molecular formula is C28H30O6. The minimum Gasteiger partial charge on any atom is -0.495 e. The second kappa shape index (κ2) is 10.7. The number of fused-ring (bicyclic) bond motifs is 2. The van der Waals surface area contributed by atoms with Crippen LogP contribution in [-0.4, -0.2) is 30.9 Å². The minimum atomic E-state index is -0.487. The van der Waals surface area contributed by atoms with Gasteiger partial charge in [-0.1, -0.05) is 42.5 Å².